The van der Waals surface area contributed by atoms with Gasteiger partial charge in [0.05, 0.1) is 24.4 Å². The summed E-state index contributed by atoms with van der Waals surface area (Å²) in [5.74, 6) is -8.37. The number of cyclic esters (lactones) is 1. The van der Waals surface area contributed by atoms with Gasteiger partial charge in [0.25, 0.3) is 11.7 Å². The molecule has 0 aromatic rings. The quantitative estimate of drug-likeness (QED) is 0.185. The number of aliphatic hydroxyl groups is 4. The minimum Gasteiger partial charge on any atom is -0.460 e. The third kappa shape index (κ3) is 14.3. The van der Waals surface area contributed by atoms with Gasteiger partial charge >= 0.3 is 5.97 Å². The van der Waals surface area contributed by atoms with Crippen molar-refractivity contribution >= 4 is 29.2 Å². The average molecular weight is 914 g/mol. The van der Waals surface area contributed by atoms with Crippen molar-refractivity contribution in [3.63, 3.8) is 0 Å². The molecule has 4 N–H and O–H groups in total. The second-order valence-electron chi connectivity index (χ2n) is 19.8. The number of ether oxygens (including phenoxy) is 4. The number of Topliss-reactive ketones (excluding diaryl/α,β-unsaturated/α-hetero) is 3. The highest BCUT2D eigenvalue weighted by Crippen LogP contribution is 2.38. The molecule has 3 heterocycles. The predicted octanol–water partition coefficient (Wildman–Crippen LogP) is 5.77. The molecule has 0 spiro atoms. The van der Waals surface area contributed by atoms with E-state index in [0.29, 0.717) is 69.8 Å². The molecule has 0 aromatic heterocycles. The van der Waals surface area contributed by atoms with Gasteiger partial charge in [-0.1, -0.05) is 71.1 Å². The number of fused-ring (bicyclic) bond motifs is 3. The molecule has 4 rings (SSSR count). The highest BCUT2D eigenvalue weighted by atomic mass is 16.6. The van der Waals surface area contributed by atoms with E-state index in [1.807, 2.05) is 58.1 Å². The van der Waals surface area contributed by atoms with Crippen LogP contribution in [0.15, 0.2) is 47.6 Å². The zero-order valence-corrected chi connectivity index (χ0v) is 40.4. The summed E-state index contributed by atoms with van der Waals surface area (Å²) in [6.45, 7) is 12.5. The van der Waals surface area contributed by atoms with Crippen LogP contribution in [0.3, 0.4) is 0 Å². The van der Waals surface area contributed by atoms with Crippen LogP contribution in [0.1, 0.15) is 126 Å². The molecule has 14 heteroatoms. The van der Waals surface area contributed by atoms with Gasteiger partial charge in [-0.3, -0.25) is 19.2 Å². The zero-order valence-electron chi connectivity index (χ0n) is 40.4. The molecule has 2 bridgehead atoms. The maximum Gasteiger partial charge on any atom is 0.329 e. The summed E-state index contributed by atoms with van der Waals surface area (Å²) in [7, 11) is 2.95. The molecule has 2 unspecified atom stereocenters. The molecule has 366 valence electrons. The Balaban J connectivity index is 1.70. The number of hydrogen-bond acceptors (Lipinski definition) is 13. The number of piperidine rings is 1. The lowest BCUT2D eigenvalue weighted by Crippen LogP contribution is -2.61. The van der Waals surface area contributed by atoms with Gasteiger partial charge < -0.3 is 44.3 Å². The first-order valence-electron chi connectivity index (χ1n) is 24.0. The fraction of sp³-hybridized carbons (Fsp3) is 0.745. The van der Waals surface area contributed by atoms with E-state index in [-0.39, 0.29) is 61.2 Å². The van der Waals surface area contributed by atoms with E-state index in [9.17, 15) is 44.4 Å². The Morgan fingerprint density at radius 2 is 1.62 bits per heavy atom. The van der Waals surface area contributed by atoms with E-state index in [2.05, 4.69) is 0 Å². The second kappa shape index (κ2) is 25.1. The molecular weight excluding hydrogens is 835 g/mol. The van der Waals surface area contributed by atoms with Crippen LogP contribution in [0.2, 0.25) is 0 Å². The van der Waals surface area contributed by atoms with Crippen LogP contribution in [0.5, 0.6) is 0 Å². The molecule has 14 nitrogen and oxygen atoms in total. The molecule has 1 amide bonds. The van der Waals surface area contributed by atoms with E-state index in [0.717, 1.165) is 5.57 Å². The fourth-order valence-electron chi connectivity index (χ4n) is 10.2. The Hall–Kier alpha value is -3.37. The van der Waals surface area contributed by atoms with Crippen molar-refractivity contribution < 1.29 is 63.3 Å². The van der Waals surface area contributed by atoms with Gasteiger partial charge in [-0.05, 0) is 107 Å². The number of esters is 1. The Bertz CT molecular complexity index is 1760. The summed E-state index contributed by atoms with van der Waals surface area (Å²) in [6.07, 6.45) is 11.3. The third-order valence-corrected chi connectivity index (χ3v) is 14.6. The summed E-state index contributed by atoms with van der Waals surface area (Å²) >= 11 is 0. The van der Waals surface area contributed by atoms with Crippen LogP contribution < -0.4 is 0 Å². The number of hydrogen-bond donors (Lipinski definition) is 4. The molecule has 65 heavy (non-hydrogen) atoms. The number of amides is 1. The molecule has 1 aliphatic carbocycles. The average Bonchev–Trinajstić information content (AvgIpc) is 3.28. The standard InChI is InChI=1S/C51H79NO13/c1-30-15-11-10-12-16-31(2)43(62-8)27-39-20-18-36(7)51(61,65-39)48(58)49(59)52-22-14-13-17-40(52)50(60)64-44(33(4)25-37-19-21-41(54)38(26-37)29-53)28-42(55)32(3)24-35(6)46(57)47(63-9)45(56)34(5)23-30/h10-12,15-16,24,30,33-41,43-44,46-47,53-54,57,61H,13-14,17-23,25-29H2,1-9H3/b12-10?,15-11?,31-16?,32-24+/t30-,33-,34-,35?,36-,37?,38+,39+,40+,41-,43+,44+,46-,47+,51-/m1/s1. The normalized spacial score (nSPS) is 38.6. The van der Waals surface area contributed by atoms with Crippen LogP contribution in [-0.2, 0) is 42.9 Å². The van der Waals surface area contributed by atoms with Gasteiger partial charge in [0.1, 0.15) is 18.2 Å². The second-order valence-corrected chi connectivity index (χ2v) is 19.8. The molecular formula is C51H79NO13. The van der Waals surface area contributed by atoms with Crippen molar-refractivity contribution in [2.24, 2.45) is 41.4 Å². The molecule has 15 atom stereocenters. The first kappa shape index (κ1) is 54.2. The largest absolute Gasteiger partial charge is 0.460 e. The highest BCUT2D eigenvalue weighted by molar-refractivity contribution is 6.39. The molecule has 3 aliphatic heterocycles. The van der Waals surface area contributed by atoms with E-state index in [1.54, 1.807) is 34.0 Å². The van der Waals surface area contributed by atoms with Crippen molar-refractivity contribution in [2.75, 3.05) is 27.4 Å². The summed E-state index contributed by atoms with van der Waals surface area (Å²) in [5.41, 5.74) is 1.17. The van der Waals surface area contributed by atoms with Gasteiger partial charge in [-0.15, -0.1) is 0 Å². The zero-order chi connectivity index (χ0) is 48.2. The summed E-state index contributed by atoms with van der Waals surface area (Å²) in [6, 6.07) is -1.16. The lowest BCUT2D eigenvalue weighted by atomic mass is 9.75. The lowest BCUT2D eigenvalue weighted by molar-refractivity contribution is -0.265. The van der Waals surface area contributed by atoms with Crippen molar-refractivity contribution in [3.05, 3.63) is 47.6 Å². The number of carbonyl (C=O) groups excluding carboxylic acids is 5. The summed E-state index contributed by atoms with van der Waals surface area (Å²) < 4.78 is 23.8. The van der Waals surface area contributed by atoms with Crippen LogP contribution in [0, 0.1) is 41.4 Å². The molecule has 2 saturated heterocycles. The number of nitrogens with zero attached hydrogens (tertiary/aromatic N) is 1. The Morgan fingerprint density at radius 1 is 0.892 bits per heavy atom. The van der Waals surface area contributed by atoms with Gasteiger partial charge in [0.15, 0.2) is 11.6 Å². The SMILES string of the molecule is CO[C@H]1C[C@@H]2CC[C@@H](C)[C@@](O)(O2)C(=O)C(=O)N2CCCC[C@H]2C(=O)O[C@H]([C@H](C)CC2CC[C@@H](O)[C@H](CO)C2)CC(=O)/C(C)=C/C(C)[C@@H](O)[C@@H](OC)C(=O)[C@H](C)C[C@H](C)C=CC=CC=C1C. The number of methoxy groups -OCH3 is 2. The Labute approximate surface area is 386 Å². The summed E-state index contributed by atoms with van der Waals surface area (Å²) in [4.78, 5) is 71.7. The first-order valence-corrected chi connectivity index (χ1v) is 24.0. The maximum atomic E-state index is 14.3. The van der Waals surface area contributed by atoms with Crippen molar-refractivity contribution in [3.8, 4) is 0 Å². The number of aliphatic hydroxyl groups excluding tert-OH is 3. The van der Waals surface area contributed by atoms with Gasteiger partial charge in [-0.2, -0.15) is 0 Å². The Morgan fingerprint density at radius 3 is 2.29 bits per heavy atom. The van der Waals surface area contributed by atoms with Gasteiger partial charge in [0.2, 0.25) is 5.79 Å². The van der Waals surface area contributed by atoms with Gasteiger partial charge in [-0.25, -0.2) is 4.79 Å². The smallest absolute Gasteiger partial charge is 0.329 e. The minimum atomic E-state index is -2.44. The fourth-order valence-corrected chi connectivity index (χ4v) is 10.2. The maximum absolute atomic E-state index is 14.3. The van der Waals surface area contributed by atoms with Crippen LogP contribution >= 0.6 is 0 Å². The number of carbonyl (C=O) groups is 5. The first-order chi connectivity index (χ1) is 30.7. The monoisotopic (exact) mass is 914 g/mol. The van der Waals surface area contributed by atoms with Crippen LogP contribution in [-0.4, -0.2) is 130 Å². The van der Waals surface area contributed by atoms with Crippen LogP contribution in [0.25, 0.3) is 0 Å². The molecule has 4 aliphatic rings. The molecule has 1 saturated carbocycles. The summed E-state index contributed by atoms with van der Waals surface area (Å²) in [5, 5.41) is 43.7. The predicted molar refractivity (Wildman–Crippen MR) is 245 cm³/mol. The Kier molecular flexibility index (Phi) is 21.0. The molecule has 0 radical (unpaired) electrons. The molecule has 3 fully saturated rings. The minimum absolute atomic E-state index is 0.0171. The topological polar surface area (TPSA) is 206 Å². The number of allylic oxidation sites excluding steroid dienone is 6. The van der Waals surface area contributed by atoms with E-state index in [4.69, 9.17) is 18.9 Å². The highest BCUT2D eigenvalue weighted by Gasteiger charge is 2.53. The van der Waals surface area contributed by atoms with Crippen molar-refractivity contribution in [1.82, 2.24) is 4.90 Å². The number of ketones is 3. The van der Waals surface area contributed by atoms with Crippen molar-refractivity contribution in [1.29, 1.82) is 0 Å². The van der Waals surface area contributed by atoms with E-state index >= 15 is 0 Å². The third-order valence-electron chi connectivity index (χ3n) is 14.6. The van der Waals surface area contributed by atoms with Gasteiger partial charge in [0, 0.05) is 63.9 Å². The van der Waals surface area contributed by atoms with Crippen LogP contribution in [0.4, 0.5) is 0 Å². The number of rotatable bonds is 6. The van der Waals surface area contributed by atoms with Crippen molar-refractivity contribution in [2.45, 2.75) is 174 Å². The van der Waals surface area contributed by atoms with E-state index in [1.165, 1.54) is 12.0 Å². The lowest BCUT2D eigenvalue weighted by Gasteiger charge is -2.42. The van der Waals surface area contributed by atoms with E-state index < -0.39 is 83.9 Å². The molecule has 0 aromatic carbocycles.